The van der Waals surface area contributed by atoms with E-state index in [1.165, 1.54) is 0 Å². The highest BCUT2D eigenvalue weighted by Crippen LogP contribution is 2.23. The molecule has 1 aromatic heterocycles. The van der Waals surface area contributed by atoms with Gasteiger partial charge in [-0.05, 0) is 24.1 Å². The summed E-state index contributed by atoms with van der Waals surface area (Å²) in [6, 6.07) is 7.96. The average Bonchev–Trinajstić information content (AvgIpc) is 2.96. The highest BCUT2D eigenvalue weighted by Gasteiger charge is 2.11. The molecule has 136 valence electrons. The Balaban J connectivity index is 1.85. The van der Waals surface area contributed by atoms with Gasteiger partial charge in [-0.25, -0.2) is 9.97 Å². The van der Waals surface area contributed by atoms with Gasteiger partial charge >= 0.3 is 0 Å². The van der Waals surface area contributed by atoms with E-state index in [4.69, 9.17) is 5.73 Å². The minimum atomic E-state index is 0.338. The van der Waals surface area contributed by atoms with Gasteiger partial charge < -0.3 is 16.4 Å². The van der Waals surface area contributed by atoms with Crippen molar-refractivity contribution in [2.75, 3.05) is 12.8 Å². The number of nitrogen functional groups attached to an aromatic ring is 1. The van der Waals surface area contributed by atoms with Crippen LogP contribution in [0.1, 0.15) is 17.7 Å². The maximum atomic E-state index is 6.04. The minimum Gasteiger partial charge on any atom is -0.388 e. The van der Waals surface area contributed by atoms with E-state index >= 15 is 0 Å². The monoisotopic (exact) mass is 357 g/mol. The zero-order valence-electron chi connectivity index (χ0n) is 15.4. The van der Waals surface area contributed by atoms with Gasteiger partial charge in [-0.1, -0.05) is 55.7 Å². The molecule has 1 aromatic carbocycles. The standard InChI is InChI=1S/C22H23N5/c1-15(24-3)17-10-12-18(13-11-17)20-14-25-22(23)21(27-20)16(2)26-19-8-6-4-5-7-9-19/h4,6-14,24,26H,1-2,5H2,3H3,(H2,23,25). The van der Waals surface area contributed by atoms with Crippen LogP contribution in [0.5, 0.6) is 0 Å². The lowest BCUT2D eigenvalue weighted by Gasteiger charge is -2.13. The highest BCUT2D eigenvalue weighted by atomic mass is 15.0. The number of benzene rings is 1. The lowest BCUT2D eigenvalue weighted by molar-refractivity contribution is 1.09. The molecule has 0 unspecified atom stereocenters. The van der Waals surface area contributed by atoms with Gasteiger partial charge in [0.15, 0.2) is 5.82 Å². The summed E-state index contributed by atoms with van der Waals surface area (Å²) in [6.45, 7) is 8.05. The van der Waals surface area contributed by atoms with Crippen LogP contribution in [-0.2, 0) is 0 Å². The molecule has 27 heavy (non-hydrogen) atoms. The van der Waals surface area contributed by atoms with E-state index in [1.807, 2.05) is 49.5 Å². The smallest absolute Gasteiger partial charge is 0.151 e. The Bertz CT molecular complexity index is 949. The molecule has 0 aliphatic heterocycles. The van der Waals surface area contributed by atoms with Crippen molar-refractivity contribution in [3.8, 4) is 11.3 Å². The van der Waals surface area contributed by atoms with Crippen LogP contribution in [0, 0.1) is 0 Å². The van der Waals surface area contributed by atoms with Gasteiger partial charge in [0.1, 0.15) is 5.69 Å². The van der Waals surface area contributed by atoms with Gasteiger partial charge in [-0.15, -0.1) is 0 Å². The van der Waals surface area contributed by atoms with Gasteiger partial charge in [0.2, 0.25) is 0 Å². The predicted octanol–water partition coefficient (Wildman–Crippen LogP) is 3.88. The Labute approximate surface area is 159 Å². The second kappa shape index (κ2) is 8.19. The van der Waals surface area contributed by atoms with E-state index in [9.17, 15) is 0 Å². The number of hydrogen-bond acceptors (Lipinski definition) is 5. The zero-order chi connectivity index (χ0) is 19.2. The summed E-state index contributed by atoms with van der Waals surface area (Å²) >= 11 is 0. The van der Waals surface area contributed by atoms with Crippen LogP contribution < -0.4 is 16.4 Å². The van der Waals surface area contributed by atoms with Crippen molar-refractivity contribution < 1.29 is 0 Å². The number of nitrogens with two attached hydrogens (primary N) is 1. The number of rotatable bonds is 6. The Morgan fingerprint density at radius 2 is 1.89 bits per heavy atom. The van der Waals surface area contributed by atoms with Gasteiger partial charge in [0, 0.05) is 24.0 Å². The predicted molar refractivity (Wildman–Crippen MR) is 113 cm³/mol. The number of allylic oxidation sites excluding steroid dienone is 5. The molecule has 5 nitrogen and oxygen atoms in total. The van der Waals surface area contributed by atoms with Crippen LogP contribution in [0.3, 0.4) is 0 Å². The molecule has 0 atom stereocenters. The van der Waals surface area contributed by atoms with Crippen LogP contribution >= 0.6 is 0 Å². The molecule has 0 radical (unpaired) electrons. The molecule has 1 heterocycles. The van der Waals surface area contributed by atoms with Crippen molar-refractivity contribution in [1.82, 2.24) is 20.6 Å². The van der Waals surface area contributed by atoms with E-state index in [2.05, 4.69) is 45.9 Å². The van der Waals surface area contributed by atoms with E-state index in [0.29, 0.717) is 17.2 Å². The molecular weight excluding hydrogens is 334 g/mol. The van der Waals surface area contributed by atoms with Gasteiger partial charge in [0.05, 0.1) is 17.6 Å². The SMILES string of the molecule is C=C(NC)c1ccc(-c2cnc(N)c(C(=C)NC3=CC=CCC=C3)n2)cc1. The fourth-order valence-corrected chi connectivity index (χ4v) is 2.64. The third-order valence-electron chi connectivity index (χ3n) is 4.19. The van der Waals surface area contributed by atoms with E-state index in [1.54, 1.807) is 6.20 Å². The summed E-state index contributed by atoms with van der Waals surface area (Å²) in [5.74, 6) is 0.338. The summed E-state index contributed by atoms with van der Waals surface area (Å²) in [5.41, 5.74) is 11.7. The molecule has 4 N–H and O–H groups in total. The molecule has 2 aromatic rings. The molecule has 0 saturated heterocycles. The van der Waals surface area contributed by atoms with Gasteiger partial charge in [0.25, 0.3) is 0 Å². The summed E-state index contributed by atoms with van der Waals surface area (Å²) < 4.78 is 0. The fraction of sp³-hybridized carbons (Fsp3) is 0.0909. The van der Waals surface area contributed by atoms with E-state index < -0.39 is 0 Å². The first kappa shape index (κ1) is 18.2. The van der Waals surface area contributed by atoms with Gasteiger partial charge in [-0.2, -0.15) is 0 Å². The Morgan fingerprint density at radius 3 is 2.63 bits per heavy atom. The maximum Gasteiger partial charge on any atom is 0.151 e. The first-order chi connectivity index (χ1) is 13.1. The van der Waals surface area contributed by atoms with Crippen molar-refractivity contribution in [3.05, 3.63) is 91.0 Å². The molecule has 0 bridgehead atoms. The summed E-state index contributed by atoms with van der Waals surface area (Å²) in [6.07, 6.45) is 12.7. The minimum absolute atomic E-state index is 0.338. The van der Waals surface area contributed by atoms with E-state index in [0.717, 1.165) is 34.6 Å². The van der Waals surface area contributed by atoms with Crippen LogP contribution in [0.25, 0.3) is 22.7 Å². The normalized spacial score (nSPS) is 12.9. The molecule has 1 aliphatic carbocycles. The van der Waals surface area contributed by atoms with Crippen molar-refractivity contribution in [1.29, 1.82) is 0 Å². The number of aromatic nitrogens is 2. The summed E-state index contributed by atoms with van der Waals surface area (Å²) in [7, 11) is 1.85. The van der Waals surface area contributed by atoms with Crippen molar-refractivity contribution in [3.63, 3.8) is 0 Å². The quantitative estimate of drug-likeness (QED) is 0.731. The van der Waals surface area contributed by atoms with Crippen molar-refractivity contribution >= 4 is 17.2 Å². The topological polar surface area (TPSA) is 75.9 Å². The summed E-state index contributed by atoms with van der Waals surface area (Å²) in [5, 5.41) is 6.29. The van der Waals surface area contributed by atoms with Gasteiger partial charge in [-0.3, -0.25) is 0 Å². The Kier molecular flexibility index (Phi) is 5.52. The number of hydrogen-bond donors (Lipinski definition) is 3. The number of nitrogens with zero attached hydrogens (tertiary/aromatic N) is 2. The lowest BCUT2D eigenvalue weighted by Crippen LogP contribution is -2.13. The molecular formula is C22H23N5. The maximum absolute atomic E-state index is 6.04. The van der Waals surface area contributed by atoms with Crippen LogP contribution in [0.4, 0.5) is 5.82 Å². The first-order valence-electron chi connectivity index (χ1n) is 8.68. The zero-order valence-corrected chi connectivity index (χ0v) is 15.4. The molecule has 0 saturated carbocycles. The van der Waals surface area contributed by atoms with E-state index in [-0.39, 0.29) is 0 Å². The number of anilines is 1. The van der Waals surface area contributed by atoms with Crippen LogP contribution in [0.15, 0.2) is 79.7 Å². The molecule has 0 spiro atoms. The second-order valence-corrected chi connectivity index (χ2v) is 6.09. The first-order valence-corrected chi connectivity index (χ1v) is 8.68. The third kappa shape index (κ3) is 4.33. The van der Waals surface area contributed by atoms with Crippen molar-refractivity contribution in [2.24, 2.45) is 0 Å². The highest BCUT2D eigenvalue weighted by molar-refractivity contribution is 5.72. The Hall–Kier alpha value is -3.60. The molecule has 1 aliphatic rings. The van der Waals surface area contributed by atoms with Crippen LogP contribution in [0.2, 0.25) is 0 Å². The third-order valence-corrected chi connectivity index (χ3v) is 4.19. The molecule has 3 rings (SSSR count). The summed E-state index contributed by atoms with van der Waals surface area (Å²) in [4.78, 5) is 8.96. The largest absolute Gasteiger partial charge is 0.388 e. The van der Waals surface area contributed by atoms with Crippen LogP contribution in [-0.4, -0.2) is 17.0 Å². The Morgan fingerprint density at radius 1 is 1.11 bits per heavy atom. The average molecular weight is 357 g/mol. The van der Waals surface area contributed by atoms with Crippen molar-refractivity contribution in [2.45, 2.75) is 6.42 Å². The second-order valence-electron chi connectivity index (χ2n) is 6.09. The molecule has 0 fully saturated rings. The fourth-order valence-electron chi connectivity index (χ4n) is 2.64. The number of nitrogens with one attached hydrogen (secondary N) is 2. The lowest BCUT2D eigenvalue weighted by atomic mass is 10.1. The molecule has 0 amide bonds. The molecule has 5 heteroatoms.